The number of nitrogens with zero attached hydrogens (tertiary/aromatic N) is 1. The van der Waals surface area contributed by atoms with Crippen LogP contribution in [0.1, 0.15) is 23.5 Å². The van der Waals surface area contributed by atoms with E-state index in [0.29, 0.717) is 18.0 Å². The Labute approximate surface area is 151 Å². The van der Waals surface area contributed by atoms with Gasteiger partial charge in [0.1, 0.15) is 4.88 Å². The quantitative estimate of drug-likeness (QED) is 0.787. The highest BCUT2D eigenvalue weighted by molar-refractivity contribution is 7.12. The maximum atomic E-state index is 12.4. The smallest absolute Gasteiger partial charge is 0.349 e. The Morgan fingerprint density at radius 2 is 1.84 bits per heavy atom. The van der Waals surface area contributed by atoms with Crippen molar-refractivity contribution in [1.29, 1.82) is 0 Å². The van der Waals surface area contributed by atoms with E-state index in [2.05, 4.69) is 0 Å². The fourth-order valence-electron chi connectivity index (χ4n) is 2.98. The molecule has 0 aliphatic carbocycles. The second-order valence-electron chi connectivity index (χ2n) is 6.16. The van der Waals surface area contributed by atoms with E-state index in [4.69, 9.17) is 9.47 Å². The number of thiophene rings is 1. The number of esters is 1. The van der Waals surface area contributed by atoms with Crippen molar-refractivity contribution >= 4 is 23.2 Å². The third-order valence-corrected chi connectivity index (χ3v) is 4.93. The molecule has 2 aromatic rings. The number of amides is 1. The molecule has 1 fully saturated rings. The van der Waals surface area contributed by atoms with E-state index in [9.17, 15) is 9.59 Å². The molecular formula is C19H21NO4S. The molecule has 6 heteroatoms. The molecule has 5 nitrogen and oxygen atoms in total. The van der Waals surface area contributed by atoms with Crippen LogP contribution in [0, 0.1) is 0 Å². The fourth-order valence-corrected chi connectivity index (χ4v) is 3.79. The van der Waals surface area contributed by atoms with Gasteiger partial charge in [-0.3, -0.25) is 4.79 Å². The Balaban J connectivity index is 1.62. The molecule has 0 radical (unpaired) electrons. The van der Waals surface area contributed by atoms with Crippen molar-refractivity contribution < 1.29 is 19.1 Å². The van der Waals surface area contributed by atoms with Crippen LogP contribution >= 0.6 is 11.3 Å². The molecule has 25 heavy (non-hydrogen) atoms. The van der Waals surface area contributed by atoms with Gasteiger partial charge in [0.15, 0.2) is 6.61 Å². The number of rotatable bonds is 4. The molecule has 0 N–H and O–H groups in total. The van der Waals surface area contributed by atoms with Crippen LogP contribution in [0.4, 0.5) is 0 Å². The Morgan fingerprint density at radius 1 is 1.16 bits per heavy atom. The third-order valence-electron chi connectivity index (χ3n) is 4.03. The molecule has 3 rings (SSSR count). The van der Waals surface area contributed by atoms with E-state index in [-0.39, 0.29) is 24.7 Å². The number of carbonyl (C=O) groups excluding carboxylic acids is 2. The molecule has 2 heterocycles. The topological polar surface area (TPSA) is 55.8 Å². The molecule has 1 aromatic heterocycles. The van der Waals surface area contributed by atoms with Gasteiger partial charge in [0.25, 0.3) is 5.91 Å². The standard InChI is InChI=1S/C19H21NO4S/c1-13-10-20(11-14(2)24-13)17(21)12-23-19(22)18-16(8-9-25-18)15-6-4-3-5-7-15/h3-9,13-14H,10-12H2,1-2H3/t13-,14-/m1/s1. The van der Waals surface area contributed by atoms with Crippen LogP contribution in [0.25, 0.3) is 11.1 Å². The third kappa shape index (κ3) is 4.27. The van der Waals surface area contributed by atoms with E-state index < -0.39 is 5.97 Å². The van der Waals surface area contributed by atoms with E-state index in [1.807, 2.05) is 55.6 Å². The summed E-state index contributed by atoms with van der Waals surface area (Å²) in [5, 5.41) is 1.85. The molecule has 1 saturated heterocycles. The van der Waals surface area contributed by atoms with Crippen molar-refractivity contribution in [3.05, 3.63) is 46.7 Å². The highest BCUT2D eigenvalue weighted by atomic mass is 32.1. The first-order valence-electron chi connectivity index (χ1n) is 8.28. The van der Waals surface area contributed by atoms with Gasteiger partial charge in [0.05, 0.1) is 12.2 Å². The molecule has 0 unspecified atom stereocenters. The minimum absolute atomic E-state index is 0.00891. The Kier molecular flexibility index (Phi) is 5.50. The summed E-state index contributed by atoms with van der Waals surface area (Å²) in [5.41, 5.74) is 1.79. The lowest BCUT2D eigenvalue weighted by atomic mass is 10.1. The monoisotopic (exact) mass is 359 g/mol. The number of hydrogen-bond acceptors (Lipinski definition) is 5. The summed E-state index contributed by atoms with van der Waals surface area (Å²) in [5.74, 6) is -0.648. The first kappa shape index (κ1) is 17.6. The molecule has 0 bridgehead atoms. The summed E-state index contributed by atoms with van der Waals surface area (Å²) in [6.45, 7) is 4.66. The summed E-state index contributed by atoms with van der Waals surface area (Å²) in [4.78, 5) is 26.9. The van der Waals surface area contributed by atoms with Gasteiger partial charge in [-0.2, -0.15) is 0 Å². The summed E-state index contributed by atoms with van der Waals surface area (Å²) < 4.78 is 10.9. The zero-order valence-electron chi connectivity index (χ0n) is 14.3. The lowest BCUT2D eigenvalue weighted by Gasteiger charge is -2.35. The summed E-state index contributed by atoms with van der Waals surface area (Å²) in [7, 11) is 0. The molecule has 1 amide bonds. The fraction of sp³-hybridized carbons (Fsp3) is 0.368. The van der Waals surface area contributed by atoms with Gasteiger partial charge < -0.3 is 14.4 Å². The van der Waals surface area contributed by atoms with Crippen LogP contribution in [-0.4, -0.2) is 48.7 Å². The highest BCUT2D eigenvalue weighted by Crippen LogP contribution is 2.28. The first-order chi connectivity index (χ1) is 12.0. The van der Waals surface area contributed by atoms with Crippen molar-refractivity contribution in [2.45, 2.75) is 26.1 Å². The van der Waals surface area contributed by atoms with Crippen molar-refractivity contribution in [1.82, 2.24) is 4.90 Å². The molecule has 0 spiro atoms. The number of ether oxygens (including phenoxy) is 2. The molecule has 1 aromatic carbocycles. The van der Waals surface area contributed by atoms with Crippen molar-refractivity contribution in [3.63, 3.8) is 0 Å². The minimum Gasteiger partial charge on any atom is -0.451 e. The largest absolute Gasteiger partial charge is 0.451 e. The molecule has 1 aliphatic rings. The van der Waals surface area contributed by atoms with Gasteiger partial charge in [0.2, 0.25) is 0 Å². The normalized spacial score (nSPS) is 20.3. The Morgan fingerprint density at radius 3 is 2.52 bits per heavy atom. The molecule has 0 saturated carbocycles. The van der Waals surface area contributed by atoms with Gasteiger partial charge in [-0.1, -0.05) is 30.3 Å². The lowest BCUT2D eigenvalue weighted by molar-refractivity contribution is -0.146. The van der Waals surface area contributed by atoms with Crippen LogP contribution in [0.5, 0.6) is 0 Å². The van der Waals surface area contributed by atoms with E-state index in [0.717, 1.165) is 11.1 Å². The predicted octanol–water partition coefficient (Wildman–Crippen LogP) is 3.21. The Hall–Kier alpha value is -2.18. The molecule has 2 atom stereocenters. The average Bonchev–Trinajstić information content (AvgIpc) is 3.09. The number of hydrogen-bond donors (Lipinski definition) is 0. The van der Waals surface area contributed by atoms with Gasteiger partial charge >= 0.3 is 5.97 Å². The molecule has 132 valence electrons. The van der Waals surface area contributed by atoms with Crippen molar-refractivity contribution in [3.8, 4) is 11.1 Å². The van der Waals surface area contributed by atoms with Crippen LogP contribution in [0.3, 0.4) is 0 Å². The van der Waals surface area contributed by atoms with Crippen LogP contribution in [0.2, 0.25) is 0 Å². The van der Waals surface area contributed by atoms with Crippen LogP contribution in [0.15, 0.2) is 41.8 Å². The number of morpholine rings is 1. The minimum atomic E-state index is -0.462. The van der Waals surface area contributed by atoms with E-state index in [1.54, 1.807) is 4.90 Å². The second kappa shape index (κ2) is 7.80. The zero-order valence-corrected chi connectivity index (χ0v) is 15.1. The van der Waals surface area contributed by atoms with Gasteiger partial charge in [0, 0.05) is 18.7 Å². The second-order valence-corrected chi connectivity index (χ2v) is 7.08. The van der Waals surface area contributed by atoms with Gasteiger partial charge in [-0.15, -0.1) is 11.3 Å². The van der Waals surface area contributed by atoms with Crippen molar-refractivity contribution in [2.24, 2.45) is 0 Å². The number of benzene rings is 1. The van der Waals surface area contributed by atoms with Crippen molar-refractivity contribution in [2.75, 3.05) is 19.7 Å². The maximum Gasteiger partial charge on any atom is 0.349 e. The average molecular weight is 359 g/mol. The summed E-state index contributed by atoms with van der Waals surface area (Å²) >= 11 is 1.32. The van der Waals surface area contributed by atoms with E-state index >= 15 is 0 Å². The lowest BCUT2D eigenvalue weighted by Crippen LogP contribution is -2.49. The zero-order chi connectivity index (χ0) is 17.8. The predicted molar refractivity (Wildman–Crippen MR) is 96.6 cm³/mol. The summed E-state index contributed by atoms with van der Waals surface area (Å²) in [6, 6.07) is 11.6. The van der Waals surface area contributed by atoms with Crippen LogP contribution in [-0.2, 0) is 14.3 Å². The summed E-state index contributed by atoms with van der Waals surface area (Å²) in [6.07, 6.45) is -0.0178. The highest BCUT2D eigenvalue weighted by Gasteiger charge is 2.27. The van der Waals surface area contributed by atoms with Gasteiger partial charge in [-0.25, -0.2) is 4.79 Å². The van der Waals surface area contributed by atoms with Gasteiger partial charge in [-0.05, 0) is 30.9 Å². The SMILES string of the molecule is C[C@@H]1CN(C(=O)COC(=O)c2sccc2-c2ccccc2)C[C@@H](C)O1. The Bertz CT molecular complexity index is 733. The van der Waals surface area contributed by atoms with Crippen LogP contribution < -0.4 is 0 Å². The molecule has 1 aliphatic heterocycles. The number of carbonyl (C=O) groups is 2. The maximum absolute atomic E-state index is 12.4. The molecular weight excluding hydrogens is 338 g/mol. The van der Waals surface area contributed by atoms with E-state index in [1.165, 1.54) is 11.3 Å². The first-order valence-corrected chi connectivity index (χ1v) is 9.16.